The topological polar surface area (TPSA) is 36.4 Å². The maximum absolute atomic E-state index is 12.8. The Morgan fingerprint density at radius 3 is 2.65 bits per heavy atom. The molecule has 1 aromatic heterocycles. The van der Waals surface area contributed by atoms with Crippen molar-refractivity contribution in [3.8, 4) is 0 Å². The van der Waals surface area contributed by atoms with Crippen molar-refractivity contribution < 1.29 is 4.79 Å². The number of likely N-dealkylation sites (tertiary alicyclic amines) is 1. The number of carbonyl (C=O) groups excluding carboxylic acids is 1. The van der Waals surface area contributed by atoms with Gasteiger partial charge >= 0.3 is 0 Å². The number of rotatable bonds is 4. The summed E-state index contributed by atoms with van der Waals surface area (Å²) in [5.41, 5.74) is 2.59. The van der Waals surface area contributed by atoms with E-state index in [0.717, 1.165) is 31.9 Å². The first-order valence-corrected chi connectivity index (χ1v) is 9.70. The number of pyridine rings is 1. The van der Waals surface area contributed by atoms with Gasteiger partial charge in [-0.25, -0.2) is 4.98 Å². The molecule has 0 bridgehead atoms. The monoisotopic (exact) mass is 349 g/mol. The van der Waals surface area contributed by atoms with Crippen LogP contribution in [0.1, 0.15) is 36.9 Å². The predicted octanol–water partition coefficient (Wildman–Crippen LogP) is 3.83. The van der Waals surface area contributed by atoms with E-state index >= 15 is 0 Å². The molecular weight excluding hydrogens is 322 g/mol. The molecule has 0 unspecified atom stereocenters. The minimum Gasteiger partial charge on any atom is -0.356 e. The zero-order valence-electron chi connectivity index (χ0n) is 15.6. The van der Waals surface area contributed by atoms with Gasteiger partial charge in [0.2, 0.25) is 5.91 Å². The molecule has 136 valence electrons. The van der Waals surface area contributed by atoms with Crippen LogP contribution < -0.4 is 4.90 Å². The summed E-state index contributed by atoms with van der Waals surface area (Å²) in [7, 11) is 0. The summed E-state index contributed by atoms with van der Waals surface area (Å²) in [4.78, 5) is 21.9. The fourth-order valence-corrected chi connectivity index (χ4v) is 4.70. The van der Waals surface area contributed by atoms with Crippen molar-refractivity contribution in [2.24, 2.45) is 11.8 Å². The molecule has 26 heavy (non-hydrogen) atoms. The molecule has 0 spiro atoms. The number of aromatic nitrogens is 1. The van der Waals surface area contributed by atoms with E-state index in [9.17, 15) is 4.79 Å². The number of carbonyl (C=O) groups is 1. The van der Waals surface area contributed by atoms with Gasteiger partial charge in [0.15, 0.2) is 0 Å². The largest absolute Gasteiger partial charge is 0.356 e. The predicted molar refractivity (Wildman–Crippen MR) is 104 cm³/mol. The number of hydrogen-bond acceptors (Lipinski definition) is 3. The zero-order valence-corrected chi connectivity index (χ0v) is 15.6. The highest BCUT2D eigenvalue weighted by Crippen LogP contribution is 2.46. The molecule has 1 aromatic carbocycles. The van der Waals surface area contributed by atoms with Crippen molar-refractivity contribution in [3.05, 3.63) is 59.8 Å². The van der Waals surface area contributed by atoms with E-state index in [0.29, 0.717) is 24.2 Å². The molecule has 0 N–H and O–H groups in total. The summed E-state index contributed by atoms with van der Waals surface area (Å²) < 4.78 is 0. The molecule has 0 saturated carbocycles. The molecule has 2 aromatic rings. The molecular formula is C22H27N3O. The lowest BCUT2D eigenvalue weighted by molar-refractivity contribution is -0.132. The fraction of sp³-hybridized carbons (Fsp3) is 0.455. The van der Waals surface area contributed by atoms with Crippen LogP contribution >= 0.6 is 0 Å². The van der Waals surface area contributed by atoms with Crippen molar-refractivity contribution in [2.75, 3.05) is 24.5 Å². The van der Waals surface area contributed by atoms with E-state index in [1.54, 1.807) is 0 Å². The second-order valence-electron chi connectivity index (χ2n) is 7.61. The molecule has 2 aliphatic heterocycles. The molecule has 2 saturated heterocycles. The van der Waals surface area contributed by atoms with Crippen molar-refractivity contribution in [1.29, 1.82) is 0 Å². The number of nitrogens with zero attached hydrogens (tertiary/aromatic N) is 3. The van der Waals surface area contributed by atoms with Gasteiger partial charge in [-0.3, -0.25) is 4.79 Å². The molecule has 4 heteroatoms. The lowest BCUT2D eigenvalue weighted by Crippen LogP contribution is -2.36. The summed E-state index contributed by atoms with van der Waals surface area (Å²) in [5, 5.41) is 0. The third kappa shape index (κ3) is 2.98. The van der Waals surface area contributed by atoms with Crippen LogP contribution in [-0.4, -0.2) is 35.4 Å². The van der Waals surface area contributed by atoms with Crippen LogP contribution in [-0.2, 0) is 4.79 Å². The molecule has 4 nitrogen and oxygen atoms in total. The quantitative estimate of drug-likeness (QED) is 0.842. The Morgan fingerprint density at radius 1 is 1.12 bits per heavy atom. The second-order valence-corrected chi connectivity index (χ2v) is 7.61. The summed E-state index contributed by atoms with van der Waals surface area (Å²) in [5.74, 6) is 2.35. The lowest BCUT2D eigenvalue weighted by atomic mass is 9.87. The van der Waals surface area contributed by atoms with Crippen molar-refractivity contribution in [2.45, 2.75) is 32.7 Å². The van der Waals surface area contributed by atoms with Crippen LogP contribution in [0.25, 0.3) is 0 Å². The number of benzene rings is 1. The van der Waals surface area contributed by atoms with Crippen LogP contribution in [0.3, 0.4) is 0 Å². The number of hydrogen-bond donors (Lipinski definition) is 0. The third-order valence-electron chi connectivity index (χ3n) is 5.93. The van der Waals surface area contributed by atoms with Crippen molar-refractivity contribution >= 4 is 11.7 Å². The van der Waals surface area contributed by atoms with Crippen LogP contribution in [0.5, 0.6) is 0 Å². The summed E-state index contributed by atoms with van der Waals surface area (Å²) >= 11 is 0. The third-order valence-corrected chi connectivity index (χ3v) is 5.93. The van der Waals surface area contributed by atoms with Crippen LogP contribution in [0.4, 0.5) is 5.82 Å². The summed E-state index contributed by atoms with van der Waals surface area (Å²) in [6.07, 6.45) is 3.41. The maximum atomic E-state index is 12.8. The summed E-state index contributed by atoms with van der Waals surface area (Å²) in [6, 6.07) is 14.8. The Balaban J connectivity index is 1.65. The summed E-state index contributed by atoms with van der Waals surface area (Å²) in [6.45, 7) is 7.07. The Morgan fingerprint density at radius 2 is 1.92 bits per heavy atom. The van der Waals surface area contributed by atoms with Gasteiger partial charge in [-0.05, 0) is 36.6 Å². The van der Waals surface area contributed by atoms with Crippen molar-refractivity contribution in [1.82, 2.24) is 9.88 Å². The number of aryl methyl sites for hydroxylation is 1. The van der Waals surface area contributed by atoms with Crippen LogP contribution in [0, 0.1) is 18.8 Å². The van der Waals surface area contributed by atoms with Crippen molar-refractivity contribution in [3.63, 3.8) is 0 Å². The molecule has 1 amide bonds. The Hall–Kier alpha value is -2.36. The van der Waals surface area contributed by atoms with Crippen LogP contribution in [0.15, 0.2) is 48.7 Å². The lowest BCUT2D eigenvalue weighted by Gasteiger charge is -2.31. The van der Waals surface area contributed by atoms with E-state index in [1.165, 1.54) is 11.1 Å². The van der Waals surface area contributed by atoms with E-state index in [4.69, 9.17) is 0 Å². The Kier molecular flexibility index (Phi) is 4.66. The normalized spacial score (nSPS) is 24.8. The minimum atomic E-state index is 0.189. The van der Waals surface area contributed by atoms with Gasteiger partial charge in [0, 0.05) is 44.1 Å². The van der Waals surface area contributed by atoms with Gasteiger partial charge in [0.1, 0.15) is 5.82 Å². The van der Waals surface area contributed by atoms with Gasteiger partial charge in [-0.1, -0.05) is 37.3 Å². The molecule has 0 aliphatic carbocycles. The second kappa shape index (κ2) is 7.10. The Bertz CT molecular complexity index is 776. The van der Waals surface area contributed by atoms with E-state index in [2.05, 4.69) is 59.0 Å². The maximum Gasteiger partial charge on any atom is 0.223 e. The number of amides is 1. The Labute approximate surface area is 155 Å². The van der Waals surface area contributed by atoms with Gasteiger partial charge in [0.05, 0.1) is 6.04 Å². The van der Waals surface area contributed by atoms with Gasteiger partial charge in [-0.2, -0.15) is 0 Å². The smallest absolute Gasteiger partial charge is 0.223 e. The molecule has 2 aliphatic rings. The zero-order chi connectivity index (χ0) is 18.1. The first kappa shape index (κ1) is 17.1. The minimum absolute atomic E-state index is 0.189. The average molecular weight is 349 g/mol. The van der Waals surface area contributed by atoms with Gasteiger partial charge in [-0.15, -0.1) is 0 Å². The van der Waals surface area contributed by atoms with E-state index in [-0.39, 0.29) is 6.04 Å². The number of anilines is 1. The van der Waals surface area contributed by atoms with E-state index in [1.807, 2.05) is 18.3 Å². The van der Waals surface area contributed by atoms with Gasteiger partial charge in [0.25, 0.3) is 0 Å². The molecule has 3 atom stereocenters. The van der Waals surface area contributed by atoms with E-state index < -0.39 is 0 Å². The first-order chi connectivity index (χ1) is 12.7. The molecule has 0 radical (unpaired) electrons. The SMILES string of the molecule is CCCC(=O)N1C[C@@H]2CN(c3ccccn3)C[C@@H]2[C@H]1c1ccccc1C. The van der Waals surface area contributed by atoms with Gasteiger partial charge < -0.3 is 9.80 Å². The fourth-order valence-electron chi connectivity index (χ4n) is 4.70. The standard InChI is InChI=1S/C22H27N3O/c1-3-8-21(26)25-14-17-13-24(20-11-6-7-12-23-20)15-19(17)22(25)18-10-5-4-9-16(18)2/h4-7,9-12,17,19,22H,3,8,13-15H2,1-2H3/t17-,19-,22+/m0/s1. The number of fused-ring (bicyclic) bond motifs is 1. The highest BCUT2D eigenvalue weighted by molar-refractivity contribution is 5.77. The highest BCUT2D eigenvalue weighted by Gasteiger charge is 2.49. The first-order valence-electron chi connectivity index (χ1n) is 9.70. The molecule has 3 heterocycles. The van der Waals surface area contributed by atoms with Crippen LogP contribution in [0.2, 0.25) is 0 Å². The molecule has 4 rings (SSSR count). The average Bonchev–Trinajstić information content (AvgIpc) is 3.21. The molecule has 2 fully saturated rings. The highest BCUT2D eigenvalue weighted by atomic mass is 16.2.